The average molecular weight is 327 g/mol. The molecule has 0 saturated carbocycles. The molecule has 0 fully saturated rings. The van der Waals surface area contributed by atoms with Crippen LogP contribution in [0.1, 0.15) is 21.5 Å². The highest BCUT2D eigenvalue weighted by atomic mass is 35.5. The summed E-state index contributed by atoms with van der Waals surface area (Å²) in [5.41, 5.74) is 2.91. The second kappa shape index (κ2) is 5.97. The van der Waals surface area contributed by atoms with Crippen molar-refractivity contribution in [2.75, 3.05) is 0 Å². The van der Waals surface area contributed by atoms with Crippen LogP contribution in [0.3, 0.4) is 0 Å². The van der Waals surface area contributed by atoms with Crippen LogP contribution >= 0.6 is 11.6 Å². The minimum absolute atomic E-state index is 0.0435. The number of fused-ring (bicyclic) bond motifs is 1. The van der Waals surface area contributed by atoms with Crippen molar-refractivity contribution in [3.05, 3.63) is 74.8 Å². The number of benzene rings is 2. The van der Waals surface area contributed by atoms with Gasteiger partial charge in [0.15, 0.2) is 5.78 Å². The molecule has 3 rings (SSSR count). The first-order valence-corrected chi connectivity index (χ1v) is 7.58. The molecular formula is C18H15ClN2O2. The van der Waals surface area contributed by atoms with Crippen molar-refractivity contribution in [2.24, 2.45) is 0 Å². The summed E-state index contributed by atoms with van der Waals surface area (Å²) in [6.45, 7) is 3.82. The number of Topliss-reactive ketones (excluding diaryl/α,β-unsaturated/α-hetero) is 1. The van der Waals surface area contributed by atoms with E-state index in [1.165, 1.54) is 10.9 Å². The highest BCUT2D eigenvalue weighted by Gasteiger charge is 2.12. The molecule has 1 heterocycles. The highest BCUT2D eigenvalue weighted by molar-refractivity contribution is 6.31. The highest BCUT2D eigenvalue weighted by Crippen LogP contribution is 2.15. The molecule has 0 saturated heterocycles. The lowest BCUT2D eigenvalue weighted by Crippen LogP contribution is -2.25. The summed E-state index contributed by atoms with van der Waals surface area (Å²) in [5.74, 6) is -0.118. The van der Waals surface area contributed by atoms with Crippen LogP contribution < -0.4 is 5.56 Å². The van der Waals surface area contributed by atoms with E-state index in [1.54, 1.807) is 24.3 Å². The zero-order chi connectivity index (χ0) is 16.6. The lowest BCUT2D eigenvalue weighted by molar-refractivity contribution is 0.0970. The summed E-state index contributed by atoms with van der Waals surface area (Å²) in [5, 5.41) is 0.878. The first-order chi connectivity index (χ1) is 11.0. The molecule has 0 radical (unpaired) electrons. The number of hydrogen-bond acceptors (Lipinski definition) is 3. The monoisotopic (exact) mass is 326 g/mol. The number of rotatable bonds is 3. The molecular weight excluding hydrogens is 312 g/mol. The summed E-state index contributed by atoms with van der Waals surface area (Å²) in [6.07, 6.45) is 1.40. The van der Waals surface area contributed by atoms with Gasteiger partial charge in [-0.1, -0.05) is 35.4 Å². The van der Waals surface area contributed by atoms with E-state index in [2.05, 4.69) is 4.98 Å². The maximum absolute atomic E-state index is 12.5. The third-order valence-corrected chi connectivity index (χ3v) is 4.02. The second-order valence-electron chi connectivity index (χ2n) is 5.58. The Morgan fingerprint density at radius 3 is 2.70 bits per heavy atom. The van der Waals surface area contributed by atoms with Gasteiger partial charge in [0.25, 0.3) is 5.56 Å². The number of halogens is 1. The van der Waals surface area contributed by atoms with Gasteiger partial charge in [0, 0.05) is 10.6 Å². The zero-order valence-electron chi connectivity index (χ0n) is 12.8. The van der Waals surface area contributed by atoms with Crippen molar-refractivity contribution in [1.29, 1.82) is 0 Å². The van der Waals surface area contributed by atoms with E-state index >= 15 is 0 Å². The Labute approximate surface area is 138 Å². The van der Waals surface area contributed by atoms with Crippen molar-refractivity contribution in [2.45, 2.75) is 20.4 Å². The fourth-order valence-corrected chi connectivity index (χ4v) is 2.78. The van der Waals surface area contributed by atoms with Crippen LogP contribution in [-0.2, 0) is 6.54 Å². The number of hydrogen-bond donors (Lipinski definition) is 0. The molecule has 0 N–H and O–H groups in total. The number of ketones is 1. The third-order valence-electron chi connectivity index (χ3n) is 3.78. The van der Waals surface area contributed by atoms with Crippen LogP contribution in [-0.4, -0.2) is 15.3 Å². The van der Waals surface area contributed by atoms with Crippen LogP contribution in [0.15, 0.2) is 47.5 Å². The number of aromatic nitrogens is 2. The van der Waals surface area contributed by atoms with E-state index in [-0.39, 0.29) is 17.9 Å². The molecule has 0 amide bonds. The molecule has 1 aromatic heterocycles. The van der Waals surface area contributed by atoms with Gasteiger partial charge in [-0.25, -0.2) is 4.98 Å². The van der Waals surface area contributed by atoms with Crippen LogP contribution in [0, 0.1) is 13.8 Å². The van der Waals surface area contributed by atoms with Gasteiger partial charge in [-0.05, 0) is 37.6 Å². The van der Waals surface area contributed by atoms with Crippen molar-refractivity contribution in [1.82, 2.24) is 9.55 Å². The fraction of sp³-hybridized carbons (Fsp3) is 0.167. The first-order valence-electron chi connectivity index (χ1n) is 7.21. The van der Waals surface area contributed by atoms with E-state index < -0.39 is 0 Å². The molecule has 0 aliphatic carbocycles. The fourth-order valence-electron chi connectivity index (χ4n) is 2.61. The van der Waals surface area contributed by atoms with Crippen LogP contribution in [0.5, 0.6) is 0 Å². The molecule has 2 aromatic carbocycles. The molecule has 0 bridgehead atoms. The van der Waals surface area contributed by atoms with Gasteiger partial charge < -0.3 is 0 Å². The molecule has 4 nitrogen and oxygen atoms in total. The lowest BCUT2D eigenvalue weighted by atomic mass is 10.0. The SMILES string of the molecule is Cc1ccc(C(=O)Cn2cnc3ccc(Cl)cc3c2=O)c(C)c1. The van der Waals surface area contributed by atoms with Gasteiger partial charge in [0.05, 0.1) is 23.8 Å². The number of carbonyl (C=O) groups excluding carboxylic acids is 1. The largest absolute Gasteiger partial charge is 0.292 e. The van der Waals surface area contributed by atoms with Crippen LogP contribution in [0.2, 0.25) is 5.02 Å². The van der Waals surface area contributed by atoms with E-state index in [1.807, 2.05) is 26.0 Å². The molecule has 116 valence electrons. The van der Waals surface area contributed by atoms with Gasteiger partial charge in [0.1, 0.15) is 0 Å². The van der Waals surface area contributed by atoms with Crippen LogP contribution in [0.4, 0.5) is 0 Å². The Balaban J connectivity index is 1.99. The van der Waals surface area contributed by atoms with E-state index in [4.69, 9.17) is 11.6 Å². The molecule has 0 aliphatic heterocycles. The molecule has 0 aliphatic rings. The minimum Gasteiger partial charge on any atom is -0.292 e. The van der Waals surface area contributed by atoms with Gasteiger partial charge in [-0.3, -0.25) is 14.2 Å². The quantitative estimate of drug-likeness (QED) is 0.692. The van der Waals surface area contributed by atoms with Crippen molar-refractivity contribution in [3.63, 3.8) is 0 Å². The molecule has 0 unspecified atom stereocenters. The molecule has 0 spiro atoms. The summed E-state index contributed by atoms with van der Waals surface area (Å²) in [4.78, 5) is 29.2. The maximum Gasteiger partial charge on any atom is 0.261 e. The Morgan fingerprint density at radius 2 is 1.96 bits per heavy atom. The smallest absolute Gasteiger partial charge is 0.261 e. The van der Waals surface area contributed by atoms with Crippen LogP contribution in [0.25, 0.3) is 10.9 Å². The van der Waals surface area contributed by atoms with Gasteiger partial charge >= 0.3 is 0 Å². The zero-order valence-corrected chi connectivity index (χ0v) is 13.6. The minimum atomic E-state index is -0.268. The maximum atomic E-state index is 12.5. The Hall–Kier alpha value is -2.46. The molecule has 23 heavy (non-hydrogen) atoms. The summed E-state index contributed by atoms with van der Waals surface area (Å²) in [7, 11) is 0. The Morgan fingerprint density at radius 1 is 1.17 bits per heavy atom. The summed E-state index contributed by atoms with van der Waals surface area (Å²) < 4.78 is 1.32. The van der Waals surface area contributed by atoms with Gasteiger partial charge in [-0.15, -0.1) is 0 Å². The number of aryl methyl sites for hydroxylation is 2. The number of carbonyl (C=O) groups is 1. The average Bonchev–Trinajstić information content (AvgIpc) is 2.50. The molecule has 5 heteroatoms. The lowest BCUT2D eigenvalue weighted by Gasteiger charge is -2.09. The Bertz CT molecular complexity index is 976. The van der Waals surface area contributed by atoms with E-state index in [0.29, 0.717) is 21.5 Å². The van der Waals surface area contributed by atoms with Crippen molar-refractivity contribution in [3.8, 4) is 0 Å². The normalized spacial score (nSPS) is 10.9. The Kier molecular flexibility index (Phi) is 4.01. The van der Waals surface area contributed by atoms with E-state index in [0.717, 1.165) is 11.1 Å². The van der Waals surface area contributed by atoms with Crippen molar-refractivity contribution < 1.29 is 4.79 Å². The first kappa shape index (κ1) is 15.4. The standard InChI is InChI=1S/C18H15ClN2O2/c1-11-3-5-14(12(2)7-11)17(22)9-21-10-20-16-6-4-13(19)8-15(16)18(21)23/h3-8,10H,9H2,1-2H3. The topological polar surface area (TPSA) is 52.0 Å². The number of nitrogens with zero attached hydrogens (tertiary/aromatic N) is 2. The second-order valence-corrected chi connectivity index (χ2v) is 6.02. The summed E-state index contributed by atoms with van der Waals surface area (Å²) >= 11 is 5.94. The predicted octanol–water partition coefficient (Wildman–Crippen LogP) is 3.55. The molecule has 3 aromatic rings. The summed E-state index contributed by atoms with van der Waals surface area (Å²) in [6, 6.07) is 10.6. The van der Waals surface area contributed by atoms with E-state index in [9.17, 15) is 9.59 Å². The van der Waals surface area contributed by atoms with Crippen molar-refractivity contribution >= 4 is 28.3 Å². The third kappa shape index (κ3) is 3.03. The van der Waals surface area contributed by atoms with Gasteiger partial charge in [0.2, 0.25) is 0 Å². The molecule has 0 atom stereocenters. The predicted molar refractivity (Wildman–Crippen MR) is 91.3 cm³/mol. The van der Waals surface area contributed by atoms with Gasteiger partial charge in [-0.2, -0.15) is 0 Å².